The van der Waals surface area contributed by atoms with E-state index >= 15 is 0 Å². The van der Waals surface area contributed by atoms with Gasteiger partial charge in [0.15, 0.2) is 0 Å². The number of hydrogen-bond donors (Lipinski definition) is 2. The molecule has 3 nitrogen and oxygen atoms in total. The van der Waals surface area contributed by atoms with E-state index in [4.69, 9.17) is 4.74 Å². The maximum atomic E-state index is 11.6. The summed E-state index contributed by atoms with van der Waals surface area (Å²) in [6.07, 6.45) is 0.430. The Kier molecular flexibility index (Phi) is 6.95. The van der Waals surface area contributed by atoms with Crippen LogP contribution in [0.15, 0.2) is 24.3 Å². The van der Waals surface area contributed by atoms with Gasteiger partial charge in [0.1, 0.15) is 18.1 Å². The van der Waals surface area contributed by atoms with Crippen molar-refractivity contribution in [3.05, 3.63) is 29.8 Å². The molecule has 1 aromatic rings. The topological polar surface area (TPSA) is 38.3 Å². The van der Waals surface area contributed by atoms with Crippen molar-refractivity contribution in [2.75, 3.05) is 13.2 Å². The molecule has 0 heterocycles. The first kappa shape index (κ1) is 16.1. The van der Waals surface area contributed by atoms with E-state index in [0.717, 1.165) is 17.9 Å². The predicted octanol–water partition coefficient (Wildman–Crippen LogP) is 2.49. The molecule has 19 heavy (non-hydrogen) atoms. The maximum Gasteiger partial charge on any atom is 0.149 e. The molecule has 0 saturated carbocycles. The van der Waals surface area contributed by atoms with Gasteiger partial charge in [-0.15, -0.1) is 0 Å². The highest BCUT2D eigenvalue weighted by Gasteiger charge is 2.08. The number of ketones is 1. The van der Waals surface area contributed by atoms with Crippen molar-refractivity contribution in [3.63, 3.8) is 0 Å². The van der Waals surface area contributed by atoms with Crippen LogP contribution in [0, 0.1) is 0 Å². The van der Waals surface area contributed by atoms with Gasteiger partial charge in [0.2, 0.25) is 0 Å². The monoisotopic (exact) mass is 281 g/mol. The van der Waals surface area contributed by atoms with Gasteiger partial charge in [-0.25, -0.2) is 0 Å². The maximum absolute atomic E-state index is 11.6. The Labute approximate surface area is 121 Å². The van der Waals surface area contributed by atoms with Gasteiger partial charge in [0.05, 0.1) is 5.25 Å². The molecule has 0 bridgehead atoms. The third-order valence-corrected chi connectivity index (χ3v) is 2.98. The first-order valence-electron chi connectivity index (χ1n) is 6.65. The molecular weight excluding hydrogens is 258 g/mol. The van der Waals surface area contributed by atoms with Crippen molar-refractivity contribution in [2.45, 2.75) is 38.5 Å². The number of hydrogen-bond acceptors (Lipinski definition) is 4. The van der Waals surface area contributed by atoms with Crippen LogP contribution < -0.4 is 10.1 Å². The Balaban J connectivity index is 2.37. The molecule has 0 amide bonds. The smallest absolute Gasteiger partial charge is 0.149 e. The molecule has 0 aromatic heterocycles. The average Bonchev–Trinajstić information content (AvgIpc) is 2.36. The SMILES string of the molecule is CC(C)NCCOc1ccc(CC(=O)C(C)S)cc1. The number of nitrogens with one attached hydrogen (secondary N) is 1. The number of carbonyl (C=O) groups excluding carboxylic acids is 1. The molecule has 0 aliphatic rings. The van der Waals surface area contributed by atoms with E-state index in [9.17, 15) is 4.79 Å². The number of Topliss-reactive ketones (excluding diaryl/α,β-unsaturated/α-hetero) is 1. The van der Waals surface area contributed by atoms with Gasteiger partial charge in [-0.3, -0.25) is 4.79 Å². The van der Waals surface area contributed by atoms with Gasteiger partial charge in [-0.1, -0.05) is 26.0 Å². The molecule has 1 aromatic carbocycles. The summed E-state index contributed by atoms with van der Waals surface area (Å²) in [4.78, 5) is 11.6. The lowest BCUT2D eigenvalue weighted by Gasteiger charge is -2.10. The van der Waals surface area contributed by atoms with Crippen LogP contribution in [0.5, 0.6) is 5.75 Å². The van der Waals surface area contributed by atoms with Gasteiger partial charge in [-0.2, -0.15) is 12.6 Å². The van der Waals surface area contributed by atoms with Crippen molar-refractivity contribution in [2.24, 2.45) is 0 Å². The summed E-state index contributed by atoms with van der Waals surface area (Å²) in [5.41, 5.74) is 0.999. The quantitative estimate of drug-likeness (QED) is 0.568. The Morgan fingerprint density at radius 1 is 1.26 bits per heavy atom. The Morgan fingerprint density at radius 2 is 1.89 bits per heavy atom. The first-order valence-corrected chi connectivity index (χ1v) is 7.16. The minimum atomic E-state index is -0.210. The lowest BCUT2D eigenvalue weighted by Crippen LogP contribution is -2.27. The lowest BCUT2D eigenvalue weighted by atomic mass is 10.1. The van der Waals surface area contributed by atoms with Crippen LogP contribution in [0.4, 0.5) is 0 Å². The minimum absolute atomic E-state index is 0.137. The molecule has 0 aliphatic carbocycles. The van der Waals surface area contributed by atoms with E-state index < -0.39 is 0 Å². The normalized spacial score (nSPS) is 12.5. The summed E-state index contributed by atoms with van der Waals surface area (Å²) in [7, 11) is 0. The zero-order chi connectivity index (χ0) is 14.3. The van der Waals surface area contributed by atoms with Gasteiger partial charge in [0.25, 0.3) is 0 Å². The largest absolute Gasteiger partial charge is 0.492 e. The van der Waals surface area contributed by atoms with Crippen LogP contribution in [0.25, 0.3) is 0 Å². The van der Waals surface area contributed by atoms with E-state index in [1.807, 2.05) is 24.3 Å². The number of benzene rings is 1. The van der Waals surface area contributed by atoms with Crippen LogP contribution >= 0.6 is 12.6 Å². The highest BCUT2D eigenvalue weighted by molar-refractivity contribution is 7.81. The molecule has 1 rings (SSSR count). The minimum Gasteiger partial charge on any atom is -0.492 e. The van der Waals surface area contributed by atoms with Crippen LogP contribution in [0.1, 0.15) is 26.3 Å². The summed E-state index contributed by atoms with van der Waals surface area (Å²) >= 11 is 4.14. The van der Waals surface area contributed by atoms with Crippen molar-refractivity contribution < 1.29 is 9.53 Å². The molecule has 106 valence electrons. The molecule has 1 unspecified atom stereocenters. The van der Waals surface area contributed by atoms with E-state index in [1.165, 1.54) is 0 Å². The molecule has 0 saturated heterocycles. The second-order valence-electron chi connectivity index (χ2n) is 4.92. The standard InChI is InChI=1S/C15H23NO2S/c1-11(2)16-8-9-18-14-6-4-13(5-7-14)10-15(17)12(3)19/h4-7,11-12,16,19H,8-10H2,1-3H3. The summed E-state index contributed by atoms with van der Waals surface area (Å²) < 4.78 is 5.60. The first-order chi connectivity index (χ1) is 8.99. The van der Waals surface area contributed by atoms with Crippen LogP contribution in [-0.4, -0.2) is 30.2 Å². The molecule has 4 heteroatoms. The fourth-order valence-electron chi connectivity index (χ4n) is 1.57. The van der Waals surface area contributed by atoms with Gasteiger partial charge in [0, 0.05) is 19.0 Å². The number of carbonyl (C=O) groups is 1. The van der Waals surface area contributed by atoms with Crippen molar-refractivity contribution >= 4 is 18.4 Å². The summed E-state index contributed by atoms with van der Waals surface area (Å²) in [5.74, 6) is 0.971. The lowest BCUT2D eigenvalue weighted by molar-refractivity contribution is -0.117. The predicted molar refractivity (Wildman–Crippen MR) is 82.2 cm³/mol. The highest BCUT2D eigenvalue weighted by atomic mass is 32.1. The van der Waals surface area contributed by atoms with E-state index in [2.05, 4.69) is 31.8 Å². The second-order valence-corrected chi connectivity index (χ2v) is 5.69. The Bertz CT molecular complexity index is 388. The van der Waals surface area contributed by atoms with E-state index in [1.54, 1.807) is 6.92 Å². The summed E-state index contributed by atoms with van der Waals surface area (Å²) in [6.45, 7) is 7.48. The second kappa shape index (κ2) is 8.23. The van der Waals surface area contributed by atoms with Gasteiger partial charge in [-0.05, 0) is 24.6 Å². The third-order valence-electron chi connectivity index (χ3n) is 2.69. The molecular formula is C15H23NO2S. The van der Waals surface area contributed by atoms with E-state index in [0.29, 0.717) is 19.1 Å². The number of rotatable bonds is 8. The fraction of sp³-hybridized carbons (Fsp3) is 0.533. The Morgan fingerprint density at radius 3 is 2.42 bits per heavy atom. The zero-order valence-corrected chi connectivity index (χ0v) is 12.7. The summed E-state index contributed by atoms with van der Waals surface area (Å²) in [6, 6.07) is 8.14. The van der Waals surface area contributed by atoms with Gasteiger partial charge < -0.3 is 10.1 Å². The fourth-order valence-corrected chi connectivity index (χ4v) is 1.66. The average molecular weight is 281 g/mol. The van der Waals surface area contributed by atoms with Gasteiger partial charge >= 0.3 is 0 Å². The van der Waals surface area contributed by atoms with Crippen molar-refractivity contribution in [1.82, 2.24) is 5.32 Å². The van der Waals surface area contributed by atoms with E-state index in [-0.39, 0.29) is 11.0 Å². The van der Waals surface area contributed by atoms with Crippen molar-refractivity contribution in [3.8, 4) is 5.75 Å². The molecule has 1 N–H and O–H groups in total. The number of thiol groups is 1. The molecule has 0 spiro atoms. The number of ether oxygens (including phenoxy) is 1. The molecule has 0 radical (unpaired) electrons. The third kappa shape index (κ3) is 6.64. The van der Waals surface area contributed by atoms with Crippen LogP contribution in [0.2, 0.25) is 0 Å². The molecule has 1 atom stereocenters. The Hall–Kier alpha value is -1.00. The van der Waals surface area contributed by atoms with Crippen molar-refractivity contribution in [1.29, 1.82) is 0 Å². The molecule has 0 aliphatic heterocycles. The molecule has 0 fully saturated rings. The zero-order valence-electron chi connectivity index (χ0n) is 11.8. The summed E-state index contributed by atoms with van der Waals surface area (Å²) in [5, 5.41) is 3.08. The van der Waals surface area contributed by atoms with Crippen LogP contribution in [0.3, 0.4) is 0 Å². The highest BCUT2D eigenvalue weighted by Crippen LogP contribution is 2.13. The van der Waals surface area contributed by atoms with Crippen LogP contribution in [-0.2, 0) is 11.2 Å².